The summed E-state index contributed by atoms with van der Waals surface area (Å²) in [6.45, 7) is 5.64. The van der Waals surface area contributed by atoms with Crippen LogP contribution in [0.1, 0.15) is 43.4 Å². The Balaban J connectivity index is 1.51. The van der Waals surface area contributed by atoms with Gasteiger partial charge >= 0.3 is 5.97 Å². The smallest absolute Gasteiger partial charge is 0.304 e. The van der Waals surface area contributed by atoms with Gasteiger partial charge in [-0.25, -0.2) is 0 Å². The summed E-state index contributed by atoms with van der Waals surface area (Å²) in [5.41, 5.74) is 4.40. The van der Waals surface area contributed by atoms with Crippen LogP contribution in [-0.2, 0) is 17.8 Å². The Morgan fingerprint density at radius 2 is 2.18 bits per heavy atom. The van der Waals surface area contributed by atoms with Crippen molar-refractivity contribution in [3.05, 3.63) is 53.1 Å². The van der Waals surface area contributed by atoms with Crippen LogP contribution in [0.15, 0.2) is 40.9 Å². The van der Waals surface area contributed by atoms with Gasteiger partial charge in [0.25, 0.3) is 11.8 Å². The van der Waals surface area contributed by atoms with Crippen LogP contribution in [0.25, 0.3) is 11.5 Å². The van der Waals surface area contributed by atoms with Gasteiger partial charge in [-0.15, -0.1) is 0 Å². The van der Waals surface area contributed by atoms with Crippen molar-refractivity contribution < 1.29 is 19.2 Å². The second kappa shape index (κ2) is 10.4. The first kappa shape index (κ1) is 23.3. The number of nitrogens with one attached hydrogen (secondary N) is 1. The SMILES string of the molecule is CC(C)Oc1ccc(-c2nc(N3CCCc4cc(CNCCC(=O)O)ccc43)no2)cc1C#N. The lowest BCUT2D eigenvalue weighted by atomic mass is 9.99. The number of nitrogens with zero attached hydrogens (tertiary/aromatic N) is 4. The van der Waals surface area contributed by atoms with E-state index in [1.807, 2.05) is 36.9 Å². The second-order valence-corrected chi connectivity index (χ2v) is 8.43. The van der Waals surface area contributed by atoms with E-state index >= 15 is 0 Å². The van der Waals surface area contributed by atoms with Gasteiger partial charge < -0.3 is 24.6 Å². The molecule has 2 heterocycles. The van der Waals surface area contributed by atoms with E-state index in [0.717, 1.165) is 30.6 Å². The zero-order valence-corrected chi connectivity index (χ0v) is 19.2. The minimum atomic E-state index is -0.809. The zero-order chi connectivity index (χ0) is 24.1. The van der Waals surface area contributed by atoms with Crippen LogP contribution < -0.4 is 15.0 Å². The molecule has 0 saturated carbocycles. The Kier molecular flexibility index (Phi) is 7.09. The molecule has 34 heavy (non-hydrogen) atoms. The lowest BCUT2D eigenvalue weighted by Crippen LogP contribution is -2.26. The van der Waals surface area contributed by atoms with Crippen molar-refractivity contribution in [1.82, 2.24) is 15.5 Å². The quantitative estimate of drug-likeness (QED) is 0.454. The highest BCUT2D eigenvalue weighted by molar-refractivity contribution is 5.67. The lowest BCUT2D eigenvalue weighted by molar-refractivity contribution is -0.136. The first-order valence-corrected chi connectivity index (χ1v) is 11.3. The number of aliphatic carboxylic acids is 1. The number of hydrogen-bond acceptors (Lipinski definition) is 8. The molecule has 1 aromatic heterocycles. The molecule has 2 N–H and O–H groups in total. The van der Waals surface area contributed by atoms with Gasteiger partial charge in [-0.1, -0.05) is 12.1 Å². The van der Waals surface area contributed by atoms with E-state index in [9.17, 15) is 10.1 Å². The Labute approximate surface area is 198 Å². The van der Waals surface area contributed by atoms with Gasteiger partial charge in [0.1, 0.15) is 11.8 Å². The highest BCUT2D eigenvalue weighted by atomic mass is 16.5. The molecule has 1 aliphatic rings. The molecule has 0 spiro atoms. The molecule has 0 aliphatic carbocycles. The molecule has 0 radical (unpaired) electrons. The molecule has 4 rings (SSSR count). The largest absolute Gasteiger partial charge is 0.490 e. The first-order valence-electron chi connectivity index (χ1n) is 11.3. The van der Waals surface area contributed by atoms with Crippen molar-refractivity contribution in [1.29, 1.82) is 5.26 Å². The fraction of sp³-hybridized carbons (Fsp3) is 0.360. The first-order chi connectivity index (χ1) is 16.4. The molecule has 0 saturated heterocycles. The molecule has 0 fully saturated rings. The van der Waals surface area contributed by atoms with Crippen LogP contribution in [0.5, 0.6) is 5.75 Å². The summed E-state index contributed by atoms with van der Waals surface area (Å²) in [7, 11) is 0. The number of carbonyl (C=O) groups is 1. The Morgan fingerprint density at radius 1 is 1.32 bits per heavy atom. The number of aryl methyl sites for hydroxylation is 1. The standard InChI is InChI=1S/C25H27N5O4/c1-16(2)33-22-8-6-19(13-20(22)14-26)24-28-25(29-34-24)30-11-3-4-18-12-17(5-7-21(18)30)15-27-10-9-23(31)32/h5-8,12-13,16,27H,3-4,9-11,15H2,1-2H3,(H,31,32). The second-order valence-electron chi connectivity index (χ2n) is 8.43. The fourth-order valence-electron chi connectivity index (χ4n) is 3.95. The Bertz CT molecular complexity index is 1210. The zero-order valence-electron chi connectivity index (χ0n) is 19.2. The van der Waals surface area contributed by atoms with Gasteiger partial charge in [-0.3, -0.25) is 4.79 Å². The third-order valence-corrected chi connectivity index (χ3v) is 5.47. The number of fused-ring (bicyclic) bond motifs is 1. The highest BCUT2D eigenvalue weighted by Gasteiger charge is 2.23. The number of nitriles is 1. The maximum absolute atomic E-state index is 10.7. The fourth-order valence-corrected chi connectivity index (χ4v) is 3.95. The molecule has 0 unspecified atom stereocenters. The Hall–Kier alpha value is -3.90. The van der Waals surface area contributed by atoms with E-state index in [2.05, 4.69) is 27.6 Å². The maximum Gasteiger partial charge on any atom is 0.304 e. The molecule has 0 amide bonds. The maximum atomic E-state index is 10.7. The van der Waals surface area contributed by atoms with Crippen molar-refractivity contribution in [3.63, 3.8) is 0 Å². The molecule has 0 bridgehead atoms. The minimum absolute atomic E-state index is 0.0341. The van der Waals surface area contributed by atoms with Crippen LogP contribution in [0.3, 0.4) is 0 Å². The molecule has 2 aromatic carbocycles. The average molecular weight is 462 g/mol. The molecule has 9 heteroatoms. The van der Waals surface area contributed by atoms with E-state index in [1.54, 1.807) is 12.1 Å². The number of aromatic nitrogens is 2. The number of hydrogen-bond donors (Lipinski definition) is 2. The van der Waals surface area contributed by atoms with Crippen LogP contribution >= 0.6 is 0 Å². The van der Waals surface area contributed by atoms with Crippen molar-refractivity contribution in [2.75, 3.05) is 18.0 Å². The van der Waals surface area contributed by atoms with Crippen LogP contribution in [0.4, 0.5) is 11.6 Å². The number of benzene rings is 2. The molecular formula is C25H27N5O4. The third kappa shape index (κ3) is 5.35. The van der Waals surface area contributed by atoms with Gasteiger partial charge in [-0.05, 0) is 67.2 Å². The highest BCUT2D eigenvalue weighted by Crippen LogP contribution is 2.34. The summed E-state index contributed by atoms with van der Waals surface area (Å²) >= 11 is 0. The third-order valence-electron chi connectivity index (χ3n) is 5.47. The van der Waals surface area contributed by atoms with Crippen LogP contribution in [0, 0.1) is 11.3 Å². The van der Waals surface area contributed by atoms with Gasteiger partial charge in [0.05, 0.1) is 18.1 Å². The van der Waals surface area contributed by atoms with Crippen molar-refractivity contribution in [2.24, 2.45) is 0 Å². The minimum Gasteiger partial charge on any atom is -0.490 e. The van der Waals surface area contributed by atoms with E-state index in [4.69, 9.17) is 14.4 Å². The molecule has 1 aliphatic heterocycles. The number of rotatable bonds is 9. The lowest BCUT2D eigenvalue weighted by Gasteiger charge is -2.28. The topological polar surface area (TPSA) is 125 Å². The van der Waals surface area contributed by atoms with Crippen LogP contribution in [-0.4, -0.2) is 40.4 Å². The van der Waals surface area contributed by atoms with E-state index in [-0.39, 0.29) is 12.5 Å². The molecule has 3 aromatic rings. The number of carboxylic acids is 1. The Morgan fingerprint density at radius 3 is 2.94 bits per heavy atom. The number of carboxylic acid groups (broad SMARTS) is 1. The van der Waals surface area contributed by atoms with E-state index in [1.165, 1.54) is 5.56 Å². The van der Waals surface area contributed by atoms with Crippen LogP contribution in [0.2, 0.25) is 0 Å². The number of anilines is 2. The van der Waals surface area contributed by atoms with Crippen molar-refractivity contribution in [2.45, 2.75) is 45.8 Å². The summed E-state index contributed by atoms with van der Waals surface area (Å²) in [4.78, 5) is 17.3. The van der Waals surface area contributed by atoms with Crippen molar-refractivity contribution >= 4 is 17.6 Å². The number of ether oxygens (including phenoxy) is 1. The molecular weight excluding hydrogens is 434 g/mol. The van der Waals surface area contributed by atoms with E-state index in [0.29, 0.717) is 41.8 Å². The van der Waals surface area contributed by atoms with Gasteiger partial charge in [0.15, 0.2) is 0 Å². The summed E-state index contributed by atoms with van der Waals surface area (Å²) in [6, 6.07) is 13.6. The van der Waals surface area contributed by atoms with Gasteiger partial charge in [-0.2, -0.15) is 10.2 Å². The van der Waals surface area contributed by atoms with Gasteiger partial charge in [0, 0.05) is 30.9 Å². The summed E-state index contributed by atoms with van der Waals surface area (Å²) in [6.07, 6.45) is 1.96. The van der Waals surface area contributed by atoms with Crippen molar-refractivity contribution in [3.8, 4) is 23.3 Å². The summed E-state index contributed by atoms with van der Waals surface area (Å²) in [5.74, 6) is 0.536. The predicted octanol–water partition coefficient (Wildman–Crippen LogP) is 4.04. The predicted molar refractivity (Wildman–Crippen MR) is 126 cm³/mol. The van der Waals surface area contributed by atoms with E-state index < -0.39 is 5.97 Å². The average Bonchev–Trinajstić information content (AvgIpc) is 3.31. The monoisotopic (exact) mass is 461 g/mol. The van der Waals surface area contributed by atoms with Gasteiger partial charge in [0.2, 0.25) is 0 Å². The molecule has 176 valence electrons. The normalized spacial score (nSPS) is 12.9. The summed E-state index contributed by atoms with van der Waals surface area (Å²) in [5, 5.41) is 25.6. The molecule has 9 nitrogen and oxygen atoms in total. The summed E-state index contributed by atoms with van der Waals surface area (Å²) < 4.78 is 11.2. The molecule has 0 atom stereocenters.